The van der Waals surface area contributed by atoms with E-state index in [1.807, 2.05) is 30.3 Å². The molecule has 0 aliphatic carbocycles. The fraction of sp³-hybridized carbons (Fsp3) is 0.250. The summed E-state index contributed by atoms with van der Waals surface area (Å²) in [6, 6.07) is 12.8. The molecule has 1 aromatic heterocycles. The number of nitrogens with one attached hydrogen (secondary N) is 1. The van der Waals surface area contributed by atoms with Crippen molar-refractivity contribution in [1.29, 1.82) is 0 Å². The molecular formula is C20H18ClN3O3. The summed E-state index contributed by atoms with van der Waals surface area (Å²) in [5, 5.41) is 3.49. The number of carbonyl (C=O) groups is 2. The van der Waals surface area contributed by atoms with E-state index in [-0.39, 0.29) is 18.2 Å². The molecule has 1 aliphatic rings. The number of hydrogen-bond donors (Lipinski definition) is 1. The van der Waals surface area contributed by atoms with E-state index in [9.17, 15) is 9.59 Å². The van der Waals surface area contributed by atoms with Gasteiger partial charge in [0.05, 0.1) is 5.92 Å². The monoisotopic (exact) mass is 383 g/mol. The van der Waals surface area contributed by atoms with Crippen molar-refractivity contribution in [2.75, 3.05) is 11.4 Å². The lowest BCUT2D eigenvalue weighted by Gasteiger charge is -2.16. The summed E-state index contributed by atoms with van der Waals surface area (Å²) >= 11 is 6.12. The number of benzene rings is 2. The summed E-state index contributed by atoms with van der Waals surface area (Å²) < 4.78 is 5.47. The Labute approximate surface area is 161 Å². The molecule has 2 amide bonds. The fourth-order valence-electron chi connectivity index (χ4n) is 3.30. The Balaban J connectivity index is 1.44. The van der Waals surface area contributed by atoms with E-state index in [0.29, 0.717) is 35.1 Å². The van der Waals surface area contributed by atoms with Crippen molar-refractivity contribution in [2.45, 2.75) is 19.9 Å². The molecule has 0 radical (unpaired) electrons. The summed E-state index contributed by atoms with van der Waals surface area (Å²) in [4.78, 5) is 30.9. The highest BCUT2D eigenvalue weighted by atomic mass is 35.5. The van der Waals surface area contributed by atoms with E-state index >= 15 is 0 Å². The second-order valence-electron chi connectivity index (χ2n) is 6.60. The average molecular weight is 384 g/mol. The van der Waals surface area contributed by atoms with Crippen molar-refractivity contribution in [1.82, 2.24) is 10.3 Å². The quantitative estimate of drug-likeness (QED) is 0.748. The first-order chi connectivity index (χ1) is 13.0. The molecule has 2 heterocycles. The largest absolute Gasteiger partial charge is 0.441 e. The van der Waals surface area contributed by atoms with Crippen LogP contribution in [0.15, 0.2) is 46.9 Å². The molecule has 0 bridgehead atoms. The Bertz CT molecular complexity index is 1030. The molecular weight excluding hydrogens is 366 g/mol. The molecule has 138 valence electrons. The third-order valence-electron chi connectivity index (χ3n) is 4.70. The van der Waals surface area contributed by atoms with Crippen molar-refractivity contribution in [3.05, 3.63) is 58.9 Å². The number of halogens is 1. The maximum atomic E-state index is 12.5. The molecule has 1 saturated heterocycles. The van der Waals surface area contributed by atoms with E-state index in [1.165, 1.54) is 0 Å². The van der Waals surface area contributed by atoms with Gasteiger partial charge in [0, 0.05) is 37.1 Å². The highest BCUT2D eigenvalue weighted by molar-refractivity contribution is 6.31. The Kier molecular flexibility index (Phi) is 4.58. The lowest BCUT2D eigenvalue weighted by molar-refractivity contribution is -0.126. The van der Waals surface area contributed by atoms with E-state index in [0.717, 1.165) is 11.3 Å². The van der Waals surface area contributed by atoms with Gasteiger partial charge in [-0.3, -0.25) is 9.59 Å². The molecule has 1 fully saturated rings. The summed E-state index contributed by atoms with van der Waals surface area (Å²) in [5.41, 5.74) is 2.95. The first kappa shape index (κ1) is 17.5. The third kappa shape index (κ3) is 3.53. The zero-order chi connectivity index (χ0) is 19.0. The van der Waals surface area contributed by atoms with Gasteiger partial charge in [-0.05, 0) is 29.8 Å². The molecule has 1 aliphatic heterocycles. The van der Waals surface area contributed by atoms with Crippen LogP contribution in [0.3, 0.4) is 0 Å². The van der Waals surface area contributed by atoms with Gasteiger partial charge in [0.1, 0.15) is 5.52 Å². The minimum atomic E-state index is -0.394. The van der Waals surface area contributed by atoms with Gasteiger partial charge in [0.2, 0.25) is 11.8 Å². The van der Waals surface area contributed by atoms with Crippen molar-refractivity contribution in [3.8, 4) is 0 Å². The molecule has 0 spiro atoms. The maximum Gasteiger partial charge on any atom is 0.227 e. The number of fused-ring (bicyclic) bond motifs is 1. The molecule has 1 N–H and O–H groups in total. The van der Waals surface area contributed by atoms with E-state index in [4.69, 9.17) is 16.0 Å². The average Bonchev–Trinajstić information content (AvgIpc) is 3.21. The second kappa shape index (κ2) is 7.04. The zero-order valence-corrected chi connectivity index (χ0v) is 15.5. The predicted octanol–water partition coefficient (Wildman–Crippen LogP) is 3.46. The smallest absolute Gasteiger partial charge is 0.227 e. The van der Waals surface area contributed by atoms with Crippen LogP contribution in [0.4, 0.5) is 5.69 Å². The second-order valence-corrected chi connectivity index (χ2v) is 7.01. The van der Waals surface area contributed by atoms with Gasteiger partial charge in [-0.2, -0.15) is 0 Å². The third-order valence-corrected chi connectivity index (χ3v) is 5.07. The lowest BCUT2D eigenvalue weighted by Crippen LogP contribution is -2.32. The normalized spacial score (nSPS) is 16.9. The number of hydrogen-bond acceptors (Lipinski definition) is 4. The number of nitrogens with zero attached hydrogens (tertiary/aromatic N) is 2. The molecule has 1 atom stereocenters. The van der Waals surface area contributed by atoms with Crippen molar-refractivity contribution in [2.24, 2.45) is 5.92 Å². The van der Waals surface area contributed by atoms with Crippen molar-refractivity contribution >= 4 is 40.2 Å². The van der Waals surface area contributed by atoms with Gasteiger partial charge in [-0.15, -0.1) is 0 Å². The van der Waals surface area contributed by atoms with Crippen LogP contribution in [0.1, 0.15) is 17.9 Å². The summed E-state index contributed by atoms with van der Waals surface area (Å²) in [5.74, 6) is -0.0435. The van der Waals surface area contributed by atoms with Crippen molar-refractivity contribution in [3.63, 3.8) is 0 Å². The van der Waals surface area contributed by atoms with E-state index < -0.39 is 5.92 Å². The Morgan fingerprint density at radius 2 is 2.15 bits per heavy atom. The van der Waals surface area contributed by atoms with Gasteiger partial charge < -0.3 is 14.6 Å². The van der Waals surface area contributed by atoms with Crippen LogP contribution in [-0.2, 0) is 16.1 Å². The molecule has 3 aromatic rings. The number of amides is 2. The highest BCUT2D eigenvalue weighted by Crippen LogP contribution is 2.28. The van der Waals surface area contributed by atoms with Gasteiger partial charge in [-0.1, -0.05) is 29.8 Å². The molecule has 2 aromatic carbocycles. The van der Waals surface area contributed by atoms with Gasteiger partial charge in [0.25, 0.3) is 0 Å². The SMILES string of the molecule is Cc1nc2cc(N3CC(C(=O)NCc4ccccc4Cl)CC3=O)ccc2o1. The molecule has 7 heteroatoms. The fourth-order valence-corrected chi connectivity index (χ4v) is 3.50. The number of aromatic nitrogens is 1. The standard InChI is InChI=1S/C20H18ClN3O3/c1-12-23-17-9-15(6-7-18(17)27-12)24-11-14(8-19(24)25)20(26)22-10-13-4-2-3-5-16(13)21/h2-7,9,14H,8,10-11H2,1H3,(H,22,26). The van der Waals surface area contributed by atoms with Crippen LogP contribution in [0.25, 0.3) is 11.1 Å². The van der Waals surface area contributed by atoms with Crippen LogP contribution in [0, 0.1) is 12.8 Å². The Morgan fingerprint density at radius 1 is 1.33 bits per heavy atom. The van der Waals surface area contributed by atoms with Crippen LogP contribution in [0.2, 0.25) is 5.02 Å². The molecule has 6 nitrogen and oxygen atoms in total. The number of rotatable bonds is 4. The summed E-state index contributed by atoms with van der Waals surface area (Å²) in [6.07, 6.45) is 0.185. The van der Waals surface area contributed by atoms with E-state index in [1.54, 1.807) is 24.0 Å². The van der Waals surface area contributed by atoms with Crippen molar-refractivity contribution < 1.29 is 14.0 Å². The highest BCUT2D eigenvalue weighted by Gasteiger charge is 2.35. The zero-order valence-electron chi connectivity index (χ0n) is 14.7. The van der Waals surface area contributed by atoms with Crippen LogP contribution < -0.4 is 10.2 Å². The van der Waals surface area contributed by atoms with E-state index in [2.05, 4.69) is 10.3 Å². The molecule has 27 heavy (non-hydrogen) atoms. The summed E-state index contributed by atoms with van der Waals surface area (Å²) in [6.45, 7) is 2.46. The van der Waals surface area contributed by atoms with Gasteiger partial charge in [-0.25, -0.2) is 4.98 Å². The van der Waals surface area contributed by atoms with Gasteiger partial charge in [0.15, 0.2) is 11.5 Å². The molecule has 0 saturated carbocycles. The van der Waals surface area contributed by atoms with Gasteiger partial charge >= 0.3 is 0 Å². The Morgan fingerprint density at radius 3 is 2.96 bits per heavy atom. The minimum Gasteiger partial charge on any atom is -0.441 e. The summed E-state index contributed by atoms with van der Waals surface area (Å²) in [7, 11) is 0. The minimum absolute atomic E-state index is 0.0764. The molecule has 1 unspecified atom stereocenters. The molecule has 4 rings (SSSR count). The first-order valence-corrected chi connectivity index (χ1v) is 9.08. The van der Waals surface area contributed by atoms with Crippen LogP contribution in [-0.4, -0.2) is 23.3 Å². The topological polar surface area (TPSA) is 75.4 Å². The maximum absolute atomic E-state index is 12.5. The van der Waals surface area contributed by atoms with Crippen LogP contribution in [0.5, 0.6) is 0 Å². The number of aryl methyl sites for hydroxylation is 1. The van der Waals surface area contributed by atoms with Crippen LogP contribution >= 0.6 is 11.6 Å². The number of oxazole rings is 1. The Hall–Kier alpha value is -2.86. The lowest BCUT2D eigenvalue weighted by atomic mass is 10.1. The number of anilines is 1. The number of carbonyl (C=O) groups excluding carboxylic acids is 2. The first-order valence-electron chi connectivity index (χ1n) is 8.70. The predicted molar refractivity (Wildman–Crippen MR) is 103 cm³/mol.